The van der Waals surface area contributed by atoms with Crippen molar-refractivity contribution in [3.8, 4) is 44.9 Å². The van der Waals surface area contributed by atoms with Crippen LogP contribution in [0.15, 0.2) is 224 Å². The predicted octanol–water partition coefficient (Wildman–Crippen LogP) is 14.5. The van der Waals surface area contributed by atoms with Crippen LogP contribution in [0.1, 0.15) is 65.3 Å². The van der Waals surface area contributed by atoms with E-state index in [0.29, 0.717) is 0 Å². The largest absolute Gasteiger partial charge is 0.469 e. The number of pyridine rings is 2. The van der Waals surface area contributed by atoms with Crippen molar-refractivity contribution in [1.82, 2.24) is 9.97 Å². The van der Waals surface area contributed by atoms with Crippen LogP contribution in [0.4, 0.5) is 28.7 Å². The molecule has 0 amide bonds. The van der Waals surface area contributed by atoms with Gasteiger partial charge in [0.15, 0.2) is 18.7 Å². The fourth-order valence-electron chi connectivity index (χ4n) is 12.7. The molecule has 9 heteroatoms. The highest BCUT2D eigenvalue weighted by atomic mass is 16.5. The molecule has 0 radical (unpaired) electrons. The summed E-state index contributed by atoms with van der Waals surface area (Å²) in [5.74, 6) is 5.39. The van der Waals surface area contributed by atoms with Crippen molar-refractivity contribution in [2.24, 2.45) is 4.99 Å². The van der Waals surface area contributed by atoms with E-state index < -0.39 is 0 Å². The molecule has 0 saturated heterocycles. The Morgan fingerprint density at radius 1 is 0.507 bits per heavy atom. The number of benzene rings is 6. The second-order valence-electron chi connectivity index (χ2n) is 19.6. The van der Waals surface area contributed by atoms with Crippen LogP contribution in [-0.2, 0) is 4.74 Å². The minimum absolute atomic E-state index is 0.00445. The van der Waals surface area contributed by atoms with Crippen molar-refractivity contribution >= 4 is 34.5 Å². The third kappa shape index (κ3) is 6.31. The SMILES string of the molecule is C=CC1=C(/C=C\C)OC2C1c1cc(-c3cc(-c4ccc5c(c4)C4c6ccccc6N(C6=NC=CCC6)C4O5)cc(-c4ccc5c(c4)C4c6ccccc6OC4N5c4ccccn4)c3)ccc1N2c1ccccn1. The smallest absolute Gasteiger partial charge is 0.188 e. The van der Waals surface area contributed by atoms with Gasteiger partial charge in [-0.1, -0.05) is 91.5 Å². The molecule has 8 aromatic rings. The third-order valence-corrected chi connectivity index (χ3v) is 15.8. The molecule has 7 aliphatic heterocycles. The van der Waals surface area contributed by atoms with E-state index >= 15 is 0 Å². The molecule has 6 aromatic carbocycles. The molecular formula is C64H48N6O3. The number of rotatable bonds is 7. The van der Waals surface area contributed by atoms with E-state index in [2.05, 4.69) is 161 Å². The summed E-state index contributed by atoms with van der Waals surface area (Å²) in [7, 11) is 0. The topological polar surface area (TPSA) is 75.6 Å². The lowest BCUT2D eigenvalue weighted by molar-refractivity contribution is 0.152. The zero-order valence-corrected chi connectivity index (χ0v) is 40.0. The number of nitrogens with zero attached hydrogens (tertiary/aromatic N) is 6. The molecule has 2 aromatic heterocycles. The molecule has 9 heterocycles. The zero-order chi connectivity index (χ0) is 48.3. The minimum Gasteiger partial charge on any atom is -0.469 e. The van der Waals surface area contributed by atoms with Gasteiger partial charge in [-0.2, -0.15) is 0 Å². The van der Waals surface area contributed by atoms with E-state index in [1.165, 1.54) is 33.5 Å². The molecule has 0 spiro atoms. The van der Waals surface area contributed by atoms with Crippen LogP contribution in [0.25, 0.3) is 33.4 Å². The maximum atomic E-state index is 6.93. The van der Waals surface area contributed by atoms with Gasteiger partial charge in [0.25, 0.3) is 0 Å². The van der Waals surface area contributed by atoms with Crippen LogP contribution < -0.4 is 24.2 Å². The van der Waals surface area contributed by atoms with Gasteiger partial charge < -0.3 is 14.2 Å². The van der Waals surface area contributed by atoms with Crippen LogP contribution in [0, 0.1) is 0 Å². The Kier molecular flexibility index (Phi) is 9.33. The standard InChI is InChI=1S/C64H48N6O3/c1-3-15-53-44(4-2)59-47-35-38(23-26-51(47)69(62(59)71-53)57-21-10-13-30-66-57)41-32-42(39-24-27-52-48(36-39)61-46-17-6-8-19-54(46)72-64(61)70(52)58-22-11-14-31-67-58)34-43(33-41)40-25-28-55-49(37-40)60-45-16-5-7-18-50(45)68(63(60)73-55)56-20-9-12-29-65-56/h3-8,10-19,21-37,59-64H,2,9,20H2,1H3/b15-3-. The second kappa shape index (κ2) is 16.3. The minimum atomic E-state index is -0.303. The van der Waals surface area contributed by atoms with Gasteiger partial charge in [-0.3, -0.25) is 14.7 Å². The summed E-state index contributed by atoms with van der Waals surface area (Å²) in [5, 5.41) is 0. The molecule has 0 aliphatic carbocycles. The first-order valence-electron chi connectivity index (χ1n) is 25.3. The normalized spacial score (nSPS) is 22.2. The van der Waals surface area contributed by atoms with Gasteiger partial charge >= 0.3 is 0 Å². The number of ether oxygens (including phenoxy) is 3. The first kappa shape index (κ1) is 41.8. The summed E-state index contributed by atoms with van der Waals surface area (Å²) in [6.07, 6.45) is 14.9. The number of fused-ring (bicyclic) bond motifs is 13. The van der Waals surface area contributed by atoms with E-state index in [1.807, 2.05) is 68.0 Å². The van der Waals surface area contributed by atoms with Gasteiger partial charge in [0.05, 0.1) is 29.1 Å². The number of anilines is 5. The Labute approximate surface area is 424 Å². The number of allylic oxidation sites excluding steroid dienone is 4. The van der Waals surface area contributed by atoms with Gasteiger partial charge in [0.1, 0.15) is 34.7 Å². The van der Waals surface area contributed by atoms with Crippen molar-refractivity contribution in [2.75, 3.05) is 14.7 Å². The van der Waals surface area contributed by atoms with E-state index in [-0.39, 0.29) is 36.4 Å². The zero-order valence-electron chi connectivity index (χ0n) is 40.0. The van der Waals surface area contributed by atoms with Crippen LogP contribution >= 0.6 is 0 Å². The average molecular weight is 949 g/mol. The van der Waals surface area contributed by atoms with Gasteiger partial charge in [-0.15, -0.1) is 0 Å². The molecule has 6 atom stereocenters. The van der Waals surface area contributed by atoms with Gasteiger partial charge in [0.2, 0.25) is 0 Å². The van der Waals surface area contributed by atoms with Crippen LogP contribution in [0.3, 0.4) is 0 Å². The van der Waals surface area contributed by atoms with E-state index in [0.717, 1.165) is 97.9 Å². The lowest BCUT2D eigenvalue weighted by Crippen LogP contribution is -2.41. The average Bonchev–Trinajstić information content (AvgIpc) is 4.29. The highest BCUT2D eigenvalue weighted by Gasteiger charge is 2.51. The van der Waals surface area contributed by atoms with Gasteiger partial charge in [-0.05, 0) is 160 Å². The Morgan fingerprint density at radius 3 is 1.68 bits per heavy atom. The number of hydrogen-bond donors (Lipinski definition) is 0. The predicted molar refractivity (Wildman–Crippen MR) is 289 cm³/mol. The molecule has 0 fully saturated rings. The van der Waals surface area contributed by atoms with Crippen LogP contribution in [0.5, 0.6) is 11.5 Å². The quantitative estimate of drug-likeness (QED) is 0.156. The highest BCUT2D eigenvalue weighted by Crippen LogP contribution is 2.58. The number of para-hydroxylation sites is 2. The van der Waals surface area contributed by atoms with E-state index in [1.54, 1.807) is 0 Å². The molecule has 7 aliphatic rings. The van der Waals surface area contributed by atoms with Crippen molar-refractivity contribution in [2.45, 2.75) is 56.2 Å². The molecule has 0 N–H and O–H groups in total. The van der Waals surface area contributed by atoms with E-state index in [4.69, 9.17) is 29.2 Å². The third-order valence-electron chi connectivity index (χ3n) is 15.8. The summed E-state index contributed by atoms with van der Waals surface area (Å²) >= 11 is 0. The maximum absolute atomic E-state index is 6.93. The molecule has 0 saturated carbocycles. The lowest BCUT2D eigenvalue weighted by Gasteiger charge is -2.28. The van der Waals surface area contributed by atoms with Crippen LogP contribution in [-0.4, -0.2) is 34.5 Å². The van der Waals surface area contributed by atoms with Crippen molar-refractivity contribution in [3.63, 3.8) is 0 Å². The summed E-state index contributed by atoms with van der Waals surface area (Å²) in [4.78, 5) is 21.4. The Hall–Kier alpha value is -8.95. The highest BCUT2D eigenvalue weighted by molar-refractivity contribution is 6.02. The van der Waals surface area contributed by atoms with Gasteiger partial charge in [0, 0.05) is 47.4 Å². The number of amidine groups is 1. The number of aliphatic imine (C=N–C) groups is 1. The summed E-state index contributed by atoms with van der Waals surface area (Å²) in [6.45, 7) is 6.32. The number of aromatic nitrogens is 2. The molecule has 73 heavy (non-hydrogen) atoms. The second-order valence-corrected chi connectivity index (χ2v) is 19.6. The fraction of sp³-hybridized carbons (Fsp3) is 0.141. The van der Waals surface area contributed by atoms with Crippen molar-refractivity contribution < 1.29 is 14.2 Å². The monoisotopic (exact) mass is 948 g/mol. The first-order valence-corrected chi connectivity index (χ1v) is 25.3. The molecule has 6 unspecified atom stereocenters. The maximum Gasteiger partial charge on any atom is 0.188 e. The summed E-state index contributed by atoms with van der Waals surface area (Å²) in [6, 6.07) is 56.9. The Balaban J connectivity index is 0.897. The molecule has 15 rings (SSSR count). The van der Waals surface area contributed by atoms with Crippen LogP contribution in [0.2, 0.25) is 0 Å². The molecule has 352 valence electrons. The van der Waals surface area contributed by atoms with Crippen molar-refractivity contribution in [1.29, 1.82) is 0 Å². The lowest BCUT2D eigenvalue weighted by atomic mass is 9.87. The Morgan fingerprint density at radius 2 is 1.05 bits per heavy atom. The molecule has 0 bridgehead atoms. The fourth-order valence-corrected chi connectivity index (χ4v) is 12.7. The molecular weight excluding hydrogens is 901 g/mol. The summed E-state index contributed by atoms with van der Waals surface area (Å²) in [5.41, 5.74) is 17.2. The number of hydrogen-bond acceptors (Lipinski definition) is 9. The van der Waals surface area contributed by atoms with E-state index in [9.17, 15) is 0 Å². The summed E-state index contributed by atoms with van der Waals surface area (Å²) < 4.78 is 20.5. The molecule has 9 nitrogen and oxygen atoms in total. The van der Waals surface area contributed by atoms with Crippen molar-refractivity contribution in [3.05, 3.63) is 246 Å². The Bertz CT molecular complexity index is 3730. The first-order chi connectivity index (χ1) is 36.1. The van der Waals surface area contributed by atoms with Gasteiger partial charge in [-0.25, -0.2) is 15.0 Å².